The number of ketones is 1. The van der Waals surface area contributed by atoms with E-state index >= 15 is 0 Å². The zero-order valence-corrected chi connectivity index (χ0v) is 11.1. The third kappa shape index (κ3) is 5.20. The van der Waals surface area contributed by atoms with Crippen LogP contribution in [0.15, 0.2) is 16.7 Å². The number of furan rings is 1. The molecule has 0 aliphatic carbocycles. The molecule has 0 amide bonds. The van der Waals surface area contributed by atoms with Crippen LogP contribution >= 0.6 is 0 Å². The summed E-state index contributed by atoms with van der Waals surface area (Å²) in [6.07, 6.45) is 11.0. The number of hydrogen-bond donors (Lipinski definition) is 0. The fraction of sp³-hybridized carbons (Fsp3) is 0.667. The Bertz CT molecular complexity index is 325. The molecule has 1 aromatic heterocycles. The number of unbranched alkanes of at least 4 members (excludes halogenated alkanes) is 6. The number of carbonyl (C=O) groups excluding carboxylic acids is 1. The maximum Gasteiger partial charge on any atom is 0.166 e. The fourth-order valence-corrected chi connectivity index (χ4v) is 2.05. The van der Waals surface area contributed by atoms with Crippen LogP contribution in [0.1, 0.15) is 74.4 Å². The Labute approximate surface area is 104 Å². The minimum absolute atomic E-state index is 0.227. The number of carbonyl (C=O) groups is 1. The predicted molar refractivity (Wildman–Crippen MR) is 70.4 cm³/mol. The van der Waals surface area contributed by atoms with E-state index in [1.165, 1.54) is 38.5 Å². The molecule has 2 nitrogen and oxygen atoms in total. The number of Topliss-reactive ketones (excluding diaryl/α,β-unsaturated/α-hetero) is 1. The first-order valence-electron chi connectivity index (χ1n) is 6.83. The molecule has 1 rings (SSSR count). The lowest BCUT2D eigenvalue weighted by molar-refractivity contribution is 0.0977. The van der Waals surface area contributed by atoms with Gasteiger partial charge in [-0.3, -0.25) is 4.79 Å². The topological polar surface area (TPSA) is 30.2 Å². The molecule has 1 aromatic rings. The normalized spacial score (nSPS) is 10.7. The van der Waals surface area contributed by atoms with Gasteiger partial charge in [-0.25, -0.2) is 0 Å². The summed E-state index contributed by atoms with van der Waals surface area (Å²) in [5.41, 5.74) is 0.760. The molecule has 96 valence electrons. The Morgan fingerprint density at radius 3 is 2.35 bits per heavy atom. The van der Waals surface area contributed by atoms with Crippen molar-refractivity contribution in [2.24, 2.45) is 0 Å². The molecule has 0 saturated heterocycles. The Kier molecular flexibility index (Phi) is 6.68. The zero-order valence-electron chi connectivity index (χ0n) is 11.1. The summed E-state index contributed by atoms with van der Waals surface area (Å²) < 4.78 is 5.14. The van der Waals surface area contributed by atoms with E-state index in [2.05, 4.69) is 6.92 Å². The Morgan fingerprint density at radius 2 is 1.76 bits per heavy atom. The lowest BCUT2D eigenvalue weighted by Crippen LogP contribution is -1.98. The van der Waals surface area contributed by atoms with E-state index in [1.54, 1.807) is 12.3 Å². The van der Waals surface area contributed by atoms with E-state index in [1.807, 2.05) is 6.92 Å². The van der Waals surface area contributed by atoms with Crippen molar-refractivity contribution in [3.63, 3.8) is 0 Å². The van der Waals surface area contributed by atoms with Crippen molar-refractivity contribution in [3.8, 4) is 0 Å². The highest BCUT2D eigenvalue weighted by atomic mass is 16.3. The summed E-state index contributed by atoms with van der Waals surface area (Å²) in [4.78, 5) is 11.8. The van der Waals surface area contributed by atoms with E-state index in [-0.39, 0.29) is 5.78 Å². The monoisotopic (exact) mass is 236 g/mol. The molecule has 2 heteroatoms. The second kappa shape index (κ2) is 8.10. The predicted octanol–water partition coefficient (Wildman–Crippen LogP) is 4.91. The average Bonchev–Trinajstić information content (AvgIpc) is 2.74. The number of aryl methyl sites for hydroxylation is 1. The molecule has 0 fully saturated rings. The Hall–Kier alpha value is -1.05. The summed E-state index contributed by atoms with van der Waals surface area (Å²) in [6.45, 7) is 4.07. The van der Waals surface area contributed by atoms with Crippen molar-refractivity contribution < 1.29 is 9.21 Å². The van der Waals surface area contributed by atoms with Gasteiger partial charge >= 0.3 is 0 Å². The molecule has 0 bridgehead atoms. The minimum Gasteiger partial charge on any atom is -0.469 e. The minimum atomic E-state index is 0.227. The van der Waals surface area contributed by atoms with Crippen LogP contribution in [0, 0.1) is 6.92 Å². The molecule has 0 unspecified atom stereocenters. The standard InChI is InChI=1S/C15H24O2/c1-3-4-5-6-7-8-9-10-15(16)14-11-12-17-13(14)2/h11-12H,3-10H2,1-2H3. The first kappa shape index (κ1) is 14.0. The van der Waals surface area contributed by atoms with Crippen molar-refractivity contribution >= 4 is 5.78 Å². The highest BCUT2D eigenvalue weighted by Gasteiger charge is 2.10. The fourth-order valence-electron chi connectivity index (χ4n) is 2.05. The summed E-state index contributed by atoms with van der Waals surface area (Å²) in [5.74, 6) is 0.975. The lowest BCUT2D eigenvalue weighted by Gasteiger charge is -2.01. The maximum absolute atomic E-state index is 11.8. The van der Waals surface area contributed by atoms with Crippen LogP contribution in [0.2, 0.25) is 0 Å². The molecule has 0 atom stereocenters. The van der Waals surface area contributed by atoms with Crippen LogP contribution < -0.4 is 0 Å². The smallest absolute Gasteiger partial charge is 0.166 e. The van der Waals surface area contributed by atoms with Crippen LogP contribution in [-0.4, -0.2) is 5.78 Å². The van der Waals surface area contributed by atoms with Gasteiger partial charge in [-0.1, -0.05) is 45.4 Å². The summed E-state index contributed by atoms with van der Waals surface area (Å²) in [6, 6.07) is 1.78. The van der Waals surface area contributed by atoms with Gasteiger partial charge in [-0.15, -0.1) is 0 Å². The van der Waals surface area contributed by atoms with Crippen molar-refractivity contribution in [3.05, 3.63) is 23.7 Å². The third-order valence-electron chi connectivity index (χ3n) is 3.17. The first-order chi connectivity index (χ1) is 8.25. The van der Waals surface area contributed by atoms with Gasteiger partial charge in [0.05, 0.1) is 11.8 Å². The van der Waals surface area contributed by atoms with Gasteiger partial charge in [0.1, 0.15) is 5.76 Å². The molecule has 0 N–H and O–H groups in total. The van der Waals surface area contributed by atoms with Gasteiger partial charge in [0.2, 0.25) is 0 Å². The Balaban J connectivity index is 2.07. The zero-order chi connectivity index (χ0) is 12.5. The van der Waals surface area contributed by atoms with Crippen LogP contribution in [0.5, 0.6) is 0 Å². The molecule has 17 heavy (non-hydrogen) atoms. The molecule has 0 aliphatic heterocycles. The van der Waals surface area contributed by atoms with Gasteiger partial charge in [-0.2, -0.15) is 0 Å². The summed E-state index contributed by atoms with van der Waals surface area (Å²) >= 11 is 0. The molecular weight excluding hydrogens is 212 g/mol. The number of hydrogen-bond acceptors (Lipinski definition) is 2. The van der Waals surface area contributed by atoms with E-state index in [9.17, 15) is 4.79 Å². The quantitative estimate of drug-likeness (QED) is 0.450. The van der Waals surface area contributed by atoms with Gasteiger partial charge < -0.3 is 4.42 Å². The van der Waals surface area contributed by atoms with Crippen LogP contribution in [0.3, 0.4) is 0 Å². The molecule has 0 aliphatic rings. The van der Waals surface area contributed by atoms with E-state index in [0.29, 0.717) is 6.42 Å². The van der Waals surface area contributed by atoms with E-state index in [4.69, 9.17) is 4.42 Å². The Morgan fingerprint density at radius 1 is 1.12 bits per heavy atom. The lowest BCUT2D eigenvalue weighted by atomic mass is 10.0. The summed E-state index contributed by atoms with van der Waals surface area (Å²) in [7, 11) is 0. The van der Waals surface area contributed by atoms with Gasteiger partial charge in [-0.05, 0) is 19.4 Å². The van der Waals surface area contributed by atoms with E-state index < -0.39 is 0 Å². The molecule has 0 aromatic carbocycles. The molecular formula is C15H24O2. The van der Waals surface area contributed by atoms with Gasteiger partial charge in [0, 0.05) is 6.42 Å². The molecule has 0 saturated carbocycles. The van der Waals surface area contributed by atoms with Crippen molar-refractivity contribution in [2.75, 3.05) is 0 Å². The number of rotatable bonds is 9. The molecule has 0 spiro atoms. The highest BCUT2D eigenvalue weighted by molar-refractivity contribution is 5.96. The molecule has 0 radical (unpaired) electrons. The first-order valence-corrected chi connectivity index (χ1v) is 6.83. The van der Waals surface area contributed by atoms with Gasteiger partial charge in [0.15, 0.2) is 5.78 Å². The van der Waals surface area contributed by atoms with Crippen LogP contribution in [0.25, 0.3) is 0 Å². The van der Waals surface area contributed by atoms with Crippen LogP contribution in [0.4, 0.5) is 0 Å². The second-order valence-electron chi connectivity index (χ2n) is 4.68. The van der Waals surface area contributed by atoms with Crippen LogP contribution in [-0.2, 0) is 0 Å². The van der Waals surface area contributed by atoms with Crippen molar-refractivity contribution in [1.29, 1.82) is 0 Å². The largest absolute Gasteiger partial charge is 0.469 e. The van der Waals surface area contributed by atoms with Crippen molar-refractivity contribution in [2.45, 2.75) is 65.2 Å². The van der Waals surface area contributed by atoms with Gasteiger partial charge in [0.25, 0.3) is 0 Å². The third-order valence-corrected chi connectivity index (χ3v) is 3.17. The maximum atomic E-state index is 11.8. The summed E-state index contributed by atoms with van der Waals surface area (Å²) in [5, 5.41) is 0. The SMILES string of the molecule is CCCCCCCCCC(=O)c1ccoc1C. The average molecular weight is 236 g/mol. The van der Waals surface area contributed by atoms with E-state index in [0.717, 1.165) is 17.7 Å². The molecule has 1 heterocycles. The highest BCUT2D eigenvalue weighted by Crippen LogP contribution is 2.14. The second-order valence-corrected chi connectivity index (χ2v) is 4.68. The van der Waals surface area contributed by atoms with Crippen molar-refractivity contribution in [1.82, 2.24) is 0 Å².